The van der Waals surface area contributed by atoms with Gasteiger partial charge in [0.2, 0.25) is 5.91 Å². The third kappa shape index (κ3) is 2.85. The van der Waals surface area contributed by atoms with Crippen LogP contribution in [0.3, 0.4) is 0 Å². The highest BCUT2D eigenvalue weighted by atomic mass is 16.1. The lowest BCUT2D eigenvalue weighted by molar-refractivity contribution is -0.119. The highest BCUT2D eigenvalue weighted by Gasteiger charge is 2.48. The van der Waals surface area contributed by atoms with Crippen LogP contribution in [0.5, 0.6) is 0 Å². The van der Waals surface area contributed by atoms with Gasteiger partial charge in [0.05, 0.1) is 6.54 Å². The van der Waals surface area contributed by atoms with Crippen LogP contribution in [-0.2, 0) is 4.79 Å². The summed E-state index contributed by atoms with van der Waals surface area (Å²) >= 11 is 0. The monoisotopic (exact) mass is 291 g/mol. The third-order valence-electron chi connectivity index (χ3n) is 6.62. The van der Waals surface area contributed by atoms with E-state index in [1.165, 1.54) is 44.9 Å². The number of hydrogen-bond donors (Lipinski definition) is 2. The summed E-state index contributed by atoms with van der Waals surface area (Å²) in [6.07, 6.45) is 9.85. The summed E-state index contributed by atoms with van der Waals surface area (Å²) in [6, 6.07) is 1.46. The summed E-state index contributed by atoms with van der Waals surface area (Å²) in [4.78, 5) is 13.2. The molecule has 5 rings (SSSR count). The minimum atomic E-state index is -0.192. The summed E-state index contributed by atoms with van der Waals surface area (Å²) in [5, 5.41) is 4.03. The SMILES string of the molecule is NC(=O)CN1CCC(NC2C3CC4CC(C3)CC2C4)CC1. The van der Waals surface area contributed by atoms with Crippen LogP contribution in [-0.4, -0.2) is 42.5 Å². The van der Waals surface area contributed by atoms with Crippen molar-refractivity contribution < 1.29 is 4.79 Å². The quantitative estimate of drug-likeness (QED) is 0.822. The Bertz CT molecular complexity index is 375. The number of nitrogens with two attached hydrogens (primary N) is 1. The summed E-state index contributed by atoms with van der Waals surface area (Å²) in [6.45, 7) is 2.48. The zero-order valence-corrected chi connectivity index (χ0v) is 13.0. The van der Waals surface area contributed by atoms with E-state index in [0.29, 0.717) is 12.6 Å². The third-order valence-corrected chi connectivity index (χ3v) is 6.62. The van der Waals surface area contributed by atoms with Crippen LogP contribution in [0.15, 0.2) is 0 Å². The van der Waals surface area contributed by atoms with Crippen molar-refractivity contribution >= 4 is 5.91 Å². The van der Waals surface area contributed by atoms with Gasteiger partial charge in [-0.1, -0.05) is 0 Å². The molecule has 1 amide bonds. The summed E-state index contributed by atoms with van der Waals surface area (Å²) in [7, 11) is 0. The van der Waals surface area contributed by atoms with Crippen LogP contribution in [0.4, 0.5) is 0 Å². The Morgan fingerprint density at radius 2 is 1.57 bits per heavy atom. The first kappa shape index (κ1) is 14.0. The average Bonchev–Trinajstić information content (AvgIpc) is 2.43. The highest BCUT2D eigenvalue weighted by molar-refractivity contribution is 5.75. The minimum absolute atomic E-state index is 0.192. The van der Waals surface area contributed by atoms with E-state index in [0.717, 1.165) is 42.8 Å². The van der Waals surface area contributed by atoms with E-state index in [9.17, 15) is 4.79 Å². The van der Waals surface area contributed by atoms with Crippen molar-refractivity contribution in [1.82, 2.24) is 10.2 Å². The Labute approximate surface area is 127 Å². The van der Waals surface area contributed by atoms with Gasteiger partial charge in [0, 0.05) is 25.2 Å². The van der Waals surface area contributed by atoms with Crippen LogP contribution in [0.2, 0.25) is 0 Å². The molecular formula is C17H29N3O. The van der Waals surface area contributed by atoms with Gasteiger partial charge in [0.25, 0.3) is 0 Å². The van der Waals surface area contributed by atoms with Gasteiger partial charge >= 0.3 is 0 Å². The van der Waals surface area contributed by atoms with E-state index in [-0.39, 0.29) is 5.91 Å². The number of amides is 1. The Balaban J connectivity index is 1.30. The van der Waals surface area contributed by atoms with E-state index in [1.807, 2.05) is 0 Å². The van der Waals surface area contributed by atoms with Crippen LogP contribution < -0.4 is 11.1 Å². The molecule has 0 aromatic carbocycles. The van der Waals surface area contributed by atoms with Gasteiger partial charge in [-0.15, -0.1) is 0 Å². The van der Waals surface area contributed by atoms with Crippen molar-refractivity contribution in [3.63, 3.8) is 0 Å². The molecular weight excluding hydrogens is 262 g/mol. The Kier molecular flexibility index (Phi) is 3.70. The molecule has 3 N–H and O–H groups in total. The molecule has 4 heteroatoms. The molecule has 21 heavy (non-hydrogen) atoms. The summed E-state index contributed by atoms with van der Waals surface area (Å²) in [5.41, 5.74) is 5.29. The molecule has 0 aromatic heterocycles. The Morgan fingerprint density at radius 1 is 1.00 bits per heavy atom. The van der Waals surface area contributed by atoms with Gasteiger partial charge in [-0.05, 0) is 68.6 Å². The highest BCUT2D eigenvalue weighted by Crippen LogP contribution is 2.53. The standard InChI is InChI=1S/C17H29N3O/c18-16(21)10-20-3-1-15(2-4-20)19-17-13-6-11-5-12(8-13)9-14(17)7-11/h11-15,17,19H,1-10H2,(H2,18,21). The predicted molar refractivity (Wildman–Crippen MR) is 82.6 cm³/mol. The van der Waals surface area contributed by atoms with Crippen molar-refractivity contribution in [2.24, 2.45) is 29.4 Å². The maximum Gasteiger partial charge on any atom is 0.231 e. The molecule has 4 nitrogen and oxygen atoms in total. The molecule has 0 spiro atoms. The molecule has 1 saturated heterocycles. The molecule has 0 unspecified atom stereocenters. The zero-order valence-electron chi connectivity index (χ0n) is 13.0. The fraction of sp³-hybridized carbons (Fsp3) is 0.941. The normalized spacial score (nSPS) is 43.3. The van der Waals surface area contributed by atoms with Crippen molar-refractivity contribution in [3.05, 3.63) is 0 Å². The van der Waals surface area contributed by atoms with Crippen LogP contribution in [0.1, 0.15) is 44.9 Å². The van der Waals surface area contributed by atoms with Gasteiger partial charge < -0.3 is 11.1 Å². The fourth-order valence-electron chi connectivity index (χ4n) is 5.95. The maximum atomic E-state index is 11.0. The molecule has 4 bridgehead atoms. The first-order valence-electron chi connectivity index (χ1n) is 8.94. The second kappa shape index (κ2) is 5.54. The Morgan fingerprint density at radius 3 is 2.10 bits per heavy atom. The number of nitrogens with one attached hydrogen (secondary N) is 1. The minimum Gasteiger partial charge on any atom is -0.369 e. The van der Waals surface area contributed by atoms with Crippen molar-refractivity contribution in [1.29, 1.82) is 0 Å². The van der Waals surface area contributed by atoms with Crippen molar-refractivity contribution in [3.8, 4) is 0 Å². The molecule has 118 valence electrons. The summed E-state index contributed by atoms with van der Waals surface area (Å²) < 4.78 is 0. The molecule has 0 atom stereocenters. The lowest BCUT2D eigenvalue weighted by atomic mass is 9.54. The van der Waals surface area contributed by atoms with E-state index in [1.54, 1.807) is 0 Å². The van der Waals surface area contributed by atoms with E-state index in [2.05, 4.69) is 10.2 Å². The number of carbonyl (C=O) groups is 1. The smallest absolute Gasteiger partial charge is 0.231 e. The Hall–Kier alpha value is -0.610. The molecule has 4 saturated carbocycles. The topological polar surface area (TPSA) is 58.4 Å². The van der Waals surface area contributed by atoms with Gasteiger partial charge in [0.15, 0.2) is 0 Å². The van der Waals surface area contributed by atoms with E-state index in [4.69, 9.17) is 5.73 Å². The first-order chi connectivity index (χ1) is 10.2. The van der Waals surface area contributed by atoms with Crippen LogP contribution in [0.25, 0.3) is 0 Å². The van der Waals surface area contributed by atoms with E-state index < -0.39 is 0 Å². The van der Waals surface area contributed by atoms with Crippen LogP contribution >= 0.6 is 0 Å². The van der Waals surface area contributed by atoms with Gasteiger partial charge in [0.1, 0.15) is 0 Å². The van der Waals surface area contributed by atoms with Gasteiger partial charge in [-0.3, -0.25) is 9.69 Å². The number of hydrogen-bond acceptors (Lipinski definition) is 3. The average molecular weight is 291 g/mol. The lowest BCUT2D eigenvalue weighted by Gasteiger charge is -2.55. The number of likely N-dealkylation sites (tertiary alicyclic amines) is 1. The largest absolute Gasteiger partial charge is 0.369 e. The van der Waals surface area contributed by atoms with Crippen molar-refractivity contribution in [2.45, 2.75) is 57.0 Å². The second-order valence-corrected chi connectivity index (χ2v) is 8.14. The fourth-order valence-corrected chi connectivity index (χ4v) is 5.95. The molecule has 5 fully saturated rings. The van der Waals surface area contributed by atoms with Crippen LogP contribution in [0, 0.1) is 23.7 Å². The number of carbonyl (C=O) groups excluding carboxylic acids is 1. The molecule has 0 aromatic rings. The van der Waals surface area contributed by atoms with E-state index >= 15 is 0 Å². The predicted octanol–water partition coefficient (Wildman–Crippen LogP) is 1.35. The molecule has 1 aliphatic heterocycles. The maximum absolute atomic E-state index is 11.0. The number of piperidine rings is 1. The van der Waals surface area contributed by atoms with Gasteiger partial charge in [-0.25, -0.2) is 0 Å². The second-order valence-electron chi connectivity index (χ2n) is 8.14. The van der Waals surface area contributed by atoms with Crippen molar-refractivity contribution in [2.75, 3.05) is 19.6 Å². The lowest BCUT2D eigenvalue weighted by Crippen LogP contribution is -2.58. The van der Waals surface area contributed by atoms with Gasteiger partial charge in [-0.2, -0.15) is 0 Å². The molecule has 1 heterocycles. The zero-order chi connectivity index (χ0) is 14.4. The molecule has 0 radical (unpaired) electrons. The number of primary amides is 1. The summed E-state index contributed by atoms with van der Waals surface area (Å²) in [5.74, 6) is 3.85. The number of rotatable bonds is 4. The first-order valence-corrected chi connectivity index (χ1v) is 8.94. The number of nitrogens with zero attached hydrogens (tertiary/aromatic N) is 1. The molecule has 5 aliphatic rings. The molecule has 4 aliphatic carbocycles.